The van der Waals surface area contributed by atoms with Crippen LogP contribution >= 0.6 is 12.4 Å². The van der Waals surface area contributed by atoms with Gasteiger partial charge in [0.05, 0.1) is 16.9 Å². The number of nitrogens with one attached hydrogen (secondary N) is 1. The molecule has 0 spiro atoms. The average molecular weight is 358 g/mol. The number of carbonyl (C=O) groups excluding carboxylic acids is 1. The van der Waals surface area contributed by atoms with E-state index in [2.05, 4.69) is 5.32 Å². The van der Waals surface area contributed by atoms with E-state index < -0.39 is 22.9 Å². The van der Waals surface area contributed by atoms with Crippen LogP contribution in [0.25, 0.3) is 0 Å². The summed E-state index contributed by atoms with van der Waals surface area (Å²) in [5, 5.41) is 22.5. The molecule has 1 fully saturated rings. The number of anilines is 1. The molecule has 2 N–H and O–H groups in total. The number of amides is 1. The van der Waals surface area contributed by atoms with Crippen LogP contribution in [0.4, 0.5) is 11.4 Å². The van der Waals surface area contributed by atoms with Crippen molar-refractivity contribution in [3.8, 4) is 0 Å². The number of hydrogen-bond donors (Lipinski definition) is 2. The second-order valence-corrected chi connectivity index (χ2v) is 5.64. The van der Waals surface area contributed by atoms with Crippen LogP contribution < -0.4 is 5.32 Å². The Bertz CT molecular complexity index is 625. The molecule has 8 nitrogen and oxygen atoms in total. The lowest BCUT2D eigenvalue weighted by molar-refractivity contribution is -0.384. The number of benzene rings is 1. The standard InChI is InChI=1S/C15H19N3O5.ClH/c1-10(17-7-3-4-11(9-17)15(20)21)14(19)16-12-5-2-6-13(8-12)18(22)23;/h2,5-6,8,10-11H,3-4,7,9H2,1H3,(H,16,19)(H,20,21);1H. The first kappa shape index (κ1) is 19.9. The van der Waals surface area contributed by atoms with Gasteiger partial charge < -0.3 is 10.4 Å². The molecule has 1 heterocycles. The first-order valence-corrected chi connectivity index (χ1v) is 7.40. The summed E-state index contributed by atoms with van der Waals surface area (Å²) in [5.41, 5.74) is 0.252. The molecule has 1 aliphatic heterocycles. The zero-order valence-electron chi connectivity index (χ0n) is 13.2. The monoisotopic (exact) mass is 357 g/mol. The number of halogens is 1. The Kier molecular flexibility index (Phi) is 7.12. The summed E-state index contributed by atoms with van der Waals surface area (Å²) < 4.78 is 0. The summed E-state index contributed by atoms with van der Waals surface area (Å²) in [4.78, 5) is 35.4. The van der Waals surface area contributed by atoms with Crippen molar-refractivity contribution in [1.82, 2.24) is 4.90 Å². The molecule has 132 valence electrons. The van der Waals surface area contributed by atoms with Crippen LogP contribution in [0, 0.1) is 16.0 Å². The molecule has 0 bridgehead atoms. The first-order valence-electron chi connectivity index (χ1n) is 7.40. The number of aliphatic carboxylic acids is 1. The van der Waals surface area contributed by atoms with Crippen LogP contribution in [0.3, 0.4) is 0 Å². The molecule has 0 radical (unpaired) electrons. The molecule has 2 unspecified atom stereocenters. The van der Waals surface area contributed by atoms with Gasteiger partial charge in [-0.1, -0.05) is 6.07 Å². The molecular formula is C15H20ClN3O5. The van der Waals surface area contributed by atoms with Crippen molar-refractivity contribution >= 4 is 35.7 Å². The minimum Gasteiger partial charge on any atom is -0.481 e. The summed E-state index contributed by atoms with van der Waals surface area (Å²) in [6.45, 7) is 2.70. The molecule has 1 saturated heterocycles. The minimum atomic E-state index is -0.846. The van der Waals surface area contributed by atoms with Gasteiger partial charge in [0.2, 0.25) is 5.91 Å². The zero-order valence-corrected chi connectivity index (χ0v) is 14.0. The molecule has 0 saturated carbocycles. The van der Waals surface area contributed by atoms with E-state index in [1.807, 2.05) is 4.90 Å². The van der Waals surface area contributed by atoms with E-state index in [0.717, 1.165) is 6.42 Å². The van der Waals surface area contributed by atoms with Gasteiger partial charge in [0.1, 0.15) is 0 Å². The number of nitro groups is 1. The predicted octanol–water partition coefficient (Wildman–Crippen LogP) is 2.14. The number of hydrogen-bond acceptors (Lipinski definition) is 5. The summed E-state index contributed by atoms with van der Waals surface area (Å²) in [6, 6.07) is 5.21. The molecule has 1 aliphatic rings. The molecular weight excluding hydrogens is 338 g/mol. The number of nitrogens with zero attached hydrogens (tertiary/aromatic N) is 2. The maximum atomic E-state index is 12.3. The number of non-ortho nitro benzene ring substituents is 1. The number of likely N-dealkylation sites (tertiary alicyclic amines) is 1. The third-order valence-electron chi connectivity index (χ3n) is 4.05. The van der Waals surface area contributed by atoms with E-state index in [4.69, 9.17) is 5.11 Å². The molecule has 2 rings (SSSR count). The molecule has 1 aromatic rings. The van der Waals surface area contributed by atoms with Crippen molar-refractivity contribution < 1.29 is 19.6 Å². The Morgan fingerprint density at radius 1 is 1.46 bits per heavy atom. The van der Waals surface area contributed by atoms with E-state index in [1.54, 1.807) is 13.0 Å². The minimum absolute atomic E-state index is 0. The number of carbonyl (C=O) groups is 2. The van der Waals surface area contributed by atoms with Gasteiger partial charge >= 0.3 is 5.97 Å². The first-order chi connectivity index (χ1) is 10.9. The van der Waals surface area contributed by atoms with Gasteiger partial charge in [0.15, 0.2) is 0 Å². The van der Waals surface area contributed by atoms with Crippen molar-refractivity contribution in [2.75, 3.05) is 18.4 Å². The van der Waals surface area contributed by atoms with E-state index in [-0.39, 0.29) is 24.0 Å². The summed E-state index contributed by atoms with van der Waals surface area (Å²) >= 11 is 0. The topological polar surface area (TPSA) is 113 Å². The second-order valence-electron chi connectivity index (χ2n) is 5.64. The highest BCUT2D eigenvalue weighted by atomic mass is 35.5. The zero-order chi connectivity index (χ0) is 17.0. The lowest BCUT2D eigenvalue weighted by Gasteiger charge is -2.34. The van der Waals surface area contributed by atoms with Crippen LogP contribution in [-0.4, -0.2) is 45.9 Å². The van der Waals surface area contributed by atoms with Crippen molar-refractivity contribution in [1.29, 1.82) is 0 Å². The van der Waals surface area contributed by atoms with Gasteiger partial charge in [0.25, 0.3) is 5.69 Å². The van der Waals surface area contributed by atoms with E-state index in [1.165, 1.54) is 18.2 Å². The van der Waals surface area contributed by atoms with Crippen molar-refractivity contribution in [2.24, 2.45) is 5.92 Å². The van der Waals surface area contributed by atoms with Gasteiger partial charge in [-0.2, -0.15) is 0 Å². The van der Waals surface area contributed by atoms with Crippen molar-refractivity contribution in [3.05, 3.63) is 34.4 Å². The highest BCUT2D eigenvalue weighted by molar-refractivity contribution is 5.94. The maximum Gasteiger partial charge on any atom is 0.307 e. The number of nitro benzene ring substituents is 1. The van der Waals surface area contributed by atoms with Gasteiger partial charge in [0, 0.05) is 24.4 Å². The van der Waals surface area contributed by atoms with Crippen LogP contribution in [0.15, 0.2) is 24.3 Å². The van der Waals surface area contributed by atoms with Crippen LogP contribution in [0.5, 0.6) is 0 Å². The van der Waals surface area contributed by atoms with Gasteiger partial charge in [-0.15, -0.1) is 12.4 Å². The van der Waals surface area contributed by atoms with Gasteiger partial charge in [-0.25, -0.2) is 0 Å². The third kappa shape index (κ3) is 4.90. The van der Waals surface area contributed by atoms with Crippen LogP contribution in [0.1, 0.15) is 19.8 Å². The second kappa shape index (κ2) is 8.60. The van der Waals surface area contributed by atoms with Crippen LogP contribution in [0.2, 0.25) is 0 Å². The quantitative estimate of drug-likeness (QED) is 0.616. The fourth-order valence-electron chi connectivity index (χ4n) is 2.67. The number of piperidine rings is 1. The number of rotatable bonds is 5. The predicted molar refractivity (Wildman–Crippen MR) is 90.4 cm³/mol. The lowest BCUT2D eigenvalue weighted by Crippen LogP contribution is -2.48. The molecule has 0 aliphatic carbocycles. The van der Waals surface area contributed by atoms with Gasteiger partial charge in [-0.05, 0) is 32.4 Å². The van der Waals surface area contributed by atoms with E-state index >= 15 is 0 Å². The Morgan fingerprint density at radius 2 is 2.17 bits per heavy atom. The normalized spacial score (nSPS) is 19.0. The summed E-state index contributed by atoms with van der Waals surface area (Å²) in [6.07, 6.45) is 1.34. The number of carboxylic acids is 1. The molecule has 1 aromatic carbocycles. The van der Waals surface area contributed by atoms with Crippen molar-refractivity contribution in [3.63, 3.8) is 0 Å². The van der Waals surface area contributed by atoms with Crippen LogP contribution in [-0.2, 0) is 9.59 Å². The Morgan fingerprint density at radius 3 is 2.79 bits per heavy atom. The average Bonchev–Trinajstić information content (AvgIpc) is 2.54. The van der Waals surface area contributed by atoms with E-state index in [0.29, 0.717) is 25.2 Å². The molecule has 9 heteroatoms. The number of carboxylic acid groups (broad SMARTS) is 1. The van der Waals surface area contributed by atoms with Crippen molar-refractivity contribution in [2.45, 2.75) is 25.8 Å². The Balaban J connectivity index is 0.00000288. The van der Waals surface area contributed by atoms with E-state index in [9.17, 15) is 19.7 Å². The molecule has 0 aromatic heterocycles. The summed E-state index contributed by atoms with van der Waals surface area (Å²) in [5.74, 6) is -1.62. The molecule has 24 heavy (non-hydrogen) atoms. The Labute approximate surface area is 145 Å². The molecule has 1 amide bonds. The molecule has 2 atom stereocenters. The fraction of sp³-hybridized carbons (Fsp3) is 0.467. The SMILES string of the molecule is CC(C(=O)Nc1cccc([N+](=O)[O-])c1)N1CCCC(C(=O)O)C1.Cl. The van der Waals surface area contributed by atoms with Gasteiger partial charge in [-0.3, -0.25) is 24.6 Å². The summed E-state index contributed by atoms with van der Waals surface area (Å²) in [7, 11) is 0. The Hall–Kier alpha value is -2.19. The highest BCUT2D eigenvalue weighted by Gasteiger charge is 2.30. The highest BCUT2D eigenvalue weighted by Crippen LogP contribution is 2.21. The smallest absolute Gasteiger partial charge is 0.307 e. The largest absolute Gasteiger partial charge is 0.481 e. The maximum absolute atomic E-state index is 12.3. The lowest BCUT2D eigenvalue weighted by atomic mass is 9.97. The fourth-order valence-corrected chi connectivity index (χ4v) is 2.67. The third-order valence-corrected chi connectivity index (χ3v) is 4.05.